The van der Waals surface area contributed by atoms with Gasteiger partial charge in [-0.25, -0.2) is 0 Å². The Kier molecular flexibility index (Phi) is 6.61. The third-order valence-electron chi connectivity index (χ3n) is 2.12. The van der Waals surface area contributed by atoms with Crippen molar-refractivity contribution < 1.29 is 14.6 Å². The molecule has 74 valence electrons. The van der Waals surface area contributed by atoms with Crippen LogP contribution in [-0.4, -0.2) is 57.1 Å². The molecule has 0 aliphatic carbocycles. The van der Waals surface area contributed by atoms with Crippen molar-refractivity contribution in [1.29, 1.82) is 0 Å². The number of hydrogen-bond donors (Lipinski definition) is 1. The fourth-order valence-corrected chi connectivity index (χ4v) is 1.99. The van der Waals surface area contributed by atoms with E-state index in [0.717, 1.165) is 12.8 Å². The average molecular weight is 219 g/mol. The normalized spacial score (nSPS) is 17.5. The summed E-state index contributed by atoms with van der Waals surface area (Å²) in [5, 5.41) is 9.41. The molecule has 0 bridgehead atoms. The molecule has 1 aliphatic rings. The zero-order valence-corrected chi connectivity index (χ0v) is 9.79. The molecule has 1 saturated heterocycles. The van der Waals surface area contributed by atoms with Gasteiger partial charge < -0.3 is 13.5 Å². The fraction of sp³-hybridized carbons (Fsp3) is 0.857. The van der Waals surface area contributed by atoms with Gasteiger partial charge in [-0.15, -0.1) is 0 Å². The van der Waals surface area contributed by atoms with Crippen molar-refractivity contribution in [2.45, 2.75) is 18.9 Å². The summed E-state index contributed by atoms with van der Waals surface area (Å²) < 4.78 is 5.16. The van der Waals surface area contributed by atoms with Crippen LogP contribution in [0.15, 0.2) is 0 Å². The zero-order chi connectivity index (χ0) is 8.97. The van der Waals surface area contributed by atoms with Gasteiger partial charge >= 0.3 is 79.4 Å². The molecule has 1 amide bonds. The van der Waals surface area contributed by atoms with Crippen LogP contribution in [0, 0.1) is 0 Å². The van der Waals surface area contributed by atoms with Gasteiger partial charge in [0.05, 0.1) is 0 Å². The van der Waals surface area contributed by atoms with E-state index in [0.29, 0.717) is 18.6 Å². The molecule has 0 aromatic carbocycles. The molecule has 0 unspecified atom stereocenters. The number of hydrogen-bond acceptors (Lipinski definition) is 3. The molecule has 0 aromatic rings. The molecule has 0 aromatic heterocycles. The van der Waals surface area contributed by atoms with Crippen LogP contribution in [0.5, 0.6) is 0 Å². The number of nitrogens with zero attached hydrogens (tertiary/aromatic N) is 1. The SMILES string of the molecule is O=C(O)N([CH2][AlH+])C1CCOCC1.[SH-]. The van der Waals surface area contributed by atoms with Crippen molar-refractivity contribution in [3.05, 3.63) is 0 Å². The van der Waals surface area contributed by atoms with Crippen molar-refractivity contribution in [2.75, 3.05) is 18.6 Å². The first kappa shape index (κ1) is 13.1. The van der Waals surface area contributed by atoms with Gasteiger partial charge in [0, 0.05) is 0 Å². The number of carboxylic acid groups (broad SMARTS) is 1. The minimum Gasteiger partial charge on any atom is -0.813 e. The number of rotatable bonds is 2. The Morgan fingerprint density at radius 2 is 2.08 bits per heavy atom. The van der Waals surface area contributed by atoms with E-state index in [1.165, 1.54) is 4.90 Å². The van der Waals surface area contributed by atoms with Crippen LogP contribution >= 0.6 is 0 Å². The van der Waals surface area contributed by atoms with Crippen molar-refractivity contribution >= 4 is 35.9 Å². The van der Waals surface area contributed by atoms with E-state index in [9.17, 15) is 4.79 Å². The summed E-state index contributed by atoms with van der Waals surface area (Å²) in [5.74, 6) is 0. The maximum Gasteiger partial charge on any atom is -0.813 e. The topological polar surface area (TPSA) is 49.8 Å². The zero-order valence-electron chi connectivity index (χ0n) is 7.48. The average Bonchev–Trinajstić information content (AvgIpc) is 2.07. The number of thiol groups is 1. The number of ether oxygens (including phenoxy) is 1. The Morgan fingerprint density at radius 1 is 1.54 bits per heavy atom. The molecule has 4 nitrogen and oxygen atoms in total. The van der Waals surface area contributed by atoms with Gasteiger partial charge in [0.15, 0.2) is 0 Å². The maximum atomic E-state index is 10.7. The van der Waals surface area contributed by atoms with Crippen LogP contribution in [0.1, 0.15) is 12.8 Å². The van der Waals surface area contributed by atoms with E-state index in [-0.39, 0.29) is 19.5 Å². The predicted octanol–water partition coefficient (Wildman–Crippen LogP) is -0.266. The monoisotopic (exact) mass is 219 g/mol. The predicted molar refractivity (Wildman–Crippen MR) is 54.5 cm³/mol. The molecule has 1 heterocycles. The molecule has 1 fully saturated rings. The maximum absolute atomic E-state index is 10.7. The van der Waals surface area contributed by atoms with Crippen LogP contribution in [0.2, 0.25) is 0 Å². The molecule has 0 atom stereocenters. The van der Waals surface area contributed by atoms with Crippen molar-refractivity contribution in [1.82, 2.24) is 4.90 Å². The first-order valence-corrected chi connectivity index (χ1v) is 5.12. The molecule has 13 heavy (non-hydrogen) atoms. The molecule has 0 spiro atoms. The van der Waals surface area contributed by atoms with Crippen LogP contribution < -0.4 is 0 Å². The van der Waals surface area contributed by atoms with Crippen LogP contribution in [-0.2, 0) is 18.2 Å². The molecule has 1 aliphatic heterocycles. The van der Waals surface area contributed by atoms with E-state index < -0.39 is 6.09 Å². The van der Waals surface area contributed by atoms with Gasteiger partial charge in [-0.2, -0.15) is 0 Å². The summed E-state index contributed by atoms with van der Waals surface area (Å²) in [4.78, 5) is 12.2. The Morgan fingerprint density at radius 3 is 2.46 bits per heavy atom. The van der Waals surface area contributed by atoms with Gasteiger partial charge in [0.2, 0.25) is 0 Å². The first-order chi connectivity index (χ1) is 5.75. The largest absolute Gasteiger partial charge is 0.813 e. The smallest absolute Gasteiger partial charge is 0.813 e. The third-order valence-corrected chi connectivity index (χ3v) is 2.60. The summed E-state index contributed by atoms with van der Waals surface area (Å²) in [6, 6.07) is 0.175. The van der Waals surface area contributed by atoms with Gasteiger partial charge in [-0.3, -0.25) is 0 Å². The quantitative estimate of drug-likeness (QED) is 0.395. The van der Waals surface area contributed by atoms with Crippen LogP contribution in [0.3, 0.4) is 0 Å². The molecule has 6 heteroatoms. The van der Waals surface area contributed by atoms with Gasteiger partial charge in [0.25, 0.3) is 0 Å². The molecule has 0 saturated carbocycles. The van der Waals surface area contributed by atoms with Gasteiger partial charge in [-0.05, 0) is 0 Å². The summed E-state index contributed by atoms with van der Waals surface area (Å²) in [7, 11) is 0. The summed E-state index contributed by atoms with van der Waals surface area (Å²) >= 11 is 1.67. The Hall–Kier alpha value is 0.112. The Balaban J connectivity index is 0.00000144. The second-order valence-corrected chi connectivity index (χ2v) is 3.27. The summed E-state index contributed by atoms with van der Waals surface area (Å²) in [6.07, 6.45) is 0.867. The molecular formula is C7H14AlNO3S. The fourth-order valence-electron chi connectivity index (χ4n) is 1.43. The Bertz CT molecular complexity index is 164. The summed E-state index contributed by atoms with van der Waals surface area (Å²) in [5.41, 5.74) is 0. The number of amides is 1. The third kappa shape index (κ3) is 3.78. The van der Waals surface area contributed by atoms with E-state index in [1.807, 2.05) is 0 Å². The van der Waals surface area contributed by atoms with Crippen LogP contribution in [0.4, 0.5) is 4.79 Å². The van der Waals surface area contributed by atoms with Crippen LogP contribution in [0.25, 0.3) is 0 Å². The minimum atomic E-state index is -0.808. The van der Waals surface area contributed by atoms with Crippen molar-refractivity contribution in [3.63, 3.8) is 0 Å². The second-order valence-electron chi connectivity index (χ2n) is 2.82. The molecular weight excluding hydrogens is 205 g/mol. The molecule has 1 N–H and O–H groups in total. The minimum absolute atomic E-state index is 0. The second kappa shape index (κ2) is 6.55. The first-order valence-electron chi connectivity index (χ1n) is 4.12. The van der Waals surface area contributed by atoms with Crippen molar-refractivity contribution in [3.8, 4) is 0 Å². The summed E-state index contributed by atoms with van der Waals surface area (Å²) in [6.45, 7) is 1.38. The van der Waals surface area contributed by atoms with Gasteiger partial charge in [-0.1, -0.05) is 0 Å². The van der Waals surface area contributed by atoms with Gasteiger partial charge in [0.1, 0.15) is 0 Å². The van der Waals surface area contributed by atoms with E-state index in [1.54, 1.807) is 16.3 Å². The molecule has 1 rings (SSSR count). The standard InChI is InChI=1S/C7H12NO3.Al.H2S.H/c1-8(7(9)10)6-2-4-11-5-3-6;;;/h6H,1-5H2,(H,9,10);;1H2;/q;+1;;/p-1. The number of carbonyl (C=O) groups is 1. The van der Waals surface area contributed by atoms with E-state index >= 15 is 0 Å². The van der Waals surface area contributed by atoms with Crippen molar-refractivity contribution in [2.24, 2.45) is 0 Å². The van der Waals surface area contributed by atoms with E-state index in [4.69, 9.17) is 9.84 Å². The van der Waals surface area contributed by atoms with E-state index in [2.05, 4.69) is 0 Å². The molecule has 0 radical (unpaired) electrons. The Labute approximate surface area is 93.1 Å².